The largest absolute Gasteiger partial charge is 0.392 e. The number of aromatic nitrogens is 1. The van der Waals surface area contributed by atoms with E-state index in [-0.39, 0.29) is 11.5 Å². The number of benzene rings is 1. The van der Waals surface area contributed by atoms with Gasteiger partial charge in [-0.3, -0.25) is 4.90 Å². The van der Waals surface area contributed by atoms with E-state index in [9.17, 15) is 5.11 Å². The highest BCUT2D eigenvalue weighted by atomic mass is 16.5. The lowest BCUT2D eigenvalue weighted by Gasteiger charge is -2.25. The molecule has 2 rings (SSSR count). The first-order valence-electron chi connectivity index (χ1n) is 10.5. The number of nitrogens with zero attached hydrogens (tertiary/aromatic N) is 2. The molecule has 156 valence electrons. The van der Waals surface area contributed by atoms with E-state index in [0.717, 1.165) is 39.1 Å². The summed E-state index contributed by atoms with van der Waals surface area (Å²) in [6.45, 7) is 12.9. The smallest absolute Gasteiger partial charge is 0.0664 e. The van der Waals surface area contributed by atoms with Gasteiger partial charge in [0.15, 0.2) is 0 Å². The predicted octanol–water partition coefficient (Wildman–Crippen LogP) is 4.44. The third-order valence-electron chi connectivity index (χ3n) is 5.25. The molecule has 1 N–H and O–H groups in total. The van der Waals surface area contributed by atoms with E-state index in [1.165, 1.54) is 16.8 Å². The minimum absolute atomic E-state index is 0.181. The number of ether oxygens (including phenoxy) is 1. The van der Waals surface area contributed by atoms with E-state index in [2.05, 4.69) is 72.8 Å². The number of methoxy groups -OCH3 is 1. The normalized spacial score (nSPS) is 13.2. The Morgan fingerprint density at radius 2 is 1.86 bits per heavy atom. The van der Waals surface area contributed by atoms with Gasteiger partial charge in [0.2, 0.25) is 0 Å². The third-order valence-corrected chi connectivity index (χ3v) is 5.25. The van der Waals surface area contributed by atoms with Crippen LogP contribution in [0.2, 0.25) is 0 Å². The Morgan fingerprint density at radius 3 is 2.46 bits per heavy atom. The molecule has 0 spiro atoms. The lowest BCUT2D eigenvalue weighted by atomic mass is 9.87. The average molecular weight is 387 g/mol. The molecule has 0 bridgehead atoms. The molecule has 4 heteroatoms. The van der Waals surface area contributed by atoms with Gasteiger partial charge in [-0.25, -0.2) is 0 Å². The van der Waals surface area contributed by atoms with Crippen molar-refractivity contribution in [3.63, 3.8) is 0 Å². The van der Waals surface area contributed by atoms with Crippen molar-refractivity contribution in [2.45, 2.75) is 65.1 Å². The van der Waals surface area contributed by atoms with Gasteiger partial charge in [-0.1, -0.05) is 52.0 Å². The van der Waals surface area contributed by atoms with Crippen LogP contribution < -0.4 is 0 Å². The molecule has 0 fully saturated rings. The van der Waals surface area contributed by atoms with Gasteiger partial charge in [-0.05, 0) is 41.5 Å². The maximum atomic E-state index is 10.1. The van der Waals surface area contributed by atoms with Crippen molar-refractivity contribution in [3.8, 4) is 0 Å². The average Bonchev–Trinajstić information content (AvgIpc) is 3.08. The number of aliphatic hydroxyl groups is 1. The van der Waals surface area contributed by atoms with Crippen LogP contribution in [0.3, 0.4) is 0 Å². The second-order valence-corrected chi connectivity index (χ2v) is 8.72. The van der Waals surface area contributed by atoms with Crippen LogP contribution in [-0.4, -0.2) is 47.5 Å². The lowest BCUT2D eigenvalue weighted by molar-refractivity contribution is 0.0956. The van der Waals surface area contributed by atoms with Crippen LogP contribution >= 0.6 is 0 Å². The van der Waals surface area contributed by atoms with Crippen LogP contribution in [0, 0.1) is 0 Å². The Hall–Kier alpha value is -1.62. The first-order valence-corrected chi connectivity index (χ1v) is 10.5. The maximum absolute atomic E-state index is 10.1. The van der Waals surface area contributed by atoms with Crippen molar-refractivity contribution < 1.29 is 9.84 Å². The molecule has 1 aromatic carbocycles. The third kappa shape index (κ3) is 7.08. The van der Waals surface area contributed by atoms with E-state index in [1.54, 1.807) is 7.11 Å². The van der Waals surface area contributed by atoms with Crippen molar-refractivity contribution >= 4 is 0 Å². The van der Waals surface area contributed by atoms with Crippen molar-refractivity contribution in [1.29, 1.82) is 0 Å². The summed E-state index contributed by atoms with van der Waals surface area (Å²) in [5.41, 5.74) is 4.13. The number of hydrogen-bond acceptors (Lipinski definition) is 3. The summed E-state index contributed by atoms with van der Waals surface area (Å²) in [5, 5.41) is 10.1. The molecular formula is C24H38N2O2. The molecule has 4 nitrogen and oxygen atoms in total. The molecule has 0 aliphatic heterocycles. The quantitative estimate of drug-likeness (QED) is 0.580. The molecule has 1 heterocycles. The van der Waals surface area contributed by atoms with Gasteiger partial charge in [0.1, 0.15) is 0 Å². The molecule has 1 aromatic heterocycles. The molecule has 28 heavy (non-hydrogen) atoms. The molecule has 1 atom stereocenters. The highest BCUT2D eigenvalue weighted by molar-refractivity contribution is 5.28. The van der Waals surface area contributed by atoms with Gasteiger partial charge in [0.05, 0.1) is 6.10 Å². The fourth-order valence-corrected chi connectivity index (χ4v) is 3.38. The number of aliphatic hydroxyl groups excluding tert-OH is 1. The Kier molecular flexibility index (Phi) is 8.74. The van der Waals surface area contributed by atoms with Crippen molar-refractivity contribution in [3.05, 3.63) is 59.4 Å². The lowest BCUT2D eigenvalue weighted by Crippen LogP contribution is -2.33. The Balaban J connectivity index is 2.05. The fourth-order valence-electron chi connectivity index (χ4n) is 3.38. The highest BCUT2D eigenvalue weighted by Gasteiger charge is 2.15. The molecule has 0 aliphatic carbocycles. The predicted molar refractivity (Wildman–Crippen MR) is 117 cm³/mol. The molecule has 0 radical (unpaired) electrons. The zero-order valence-corrected chi connectivity index (χ0v) is 18.3. The Morgan fingerprint density at radius 1 is 1.14 bits per heavy atom. The number of rotatable bonds is 11. The van der Waals surface area contributed by atoms with E-state index in [4.69, 9.17) is 4.74 Å². The summed E-state index contributed by atoms with van der Waals surface area (Å²) in [6, 6.07) is 13.3. The number of hydrogen-bond donors (Lipinski definition) is 1. The zero-order valence-electron chi connectivity index (χ0n) is 18.3. The van der Waals surface area contributed by atoms with Crippen LogP contribution in [0.5, 0.6) is 0 Å². The fraction of sp³-hybridized carbons (Fsp3) is 0.583. The van der Waals surface area contributed by atoms with Crippen LogP contribution in [0.15, 0.2) is 42.6 Å². The van der Waals surface area contributed by atoms with E-state index < -0.39 is 0 Å². The topological polar surface area (TPSA) is 37.6 Å². The van der Waals surface area contributed by atoms with E-state index in [0.29, 0.717) is 6.54 Å². The van der Waals surface area contributed by atoms with Gasteiger partial charge in [0, 0.05) is 51.8 Å². The minimum atomic E-state index is -0.282. The molecule has 0 saturated carbocycles. The SMILES string of the molecule is CC[C@@H](O)CN(CCCOC)Cc1cccn1Cc1ccc(C(C)(C)C)cc1. The van der Waals surface area contributed by atoms with Gasteiger partial charge >= 0.3 is 0 Å². The van der Waals surface area contributed by atoms with E-state index >= 15 is 0 Å². The summed E-state index contributed by atoms with van der Waals surface area (Å²) < 4.78 is 7.51. The molecule has 0 unspecified atom stereocenters. The van der Waals surface area contributed by atoms with E-state index in [1.807, 2.05) is 6.92 Å². The van der Waals surface area contributed by atoms with Crippen molar-refractivity contribution in [2.75, 3.05) is 26.8 Å². The van der Waals surface area contributed by atoms with Crippen LogP contribution in [0.1, 0.15) is 57.4 Å². The van der Waals surface area contributed by atoms with Crippen LogP contribution in [-0.2, 0) is 23.2 Å². The van der Waals surface area contributed by atoms with Gasteiger partial charge in [0.25, 0.3) is 0 Å². The molecule has 0 aliphatic rings. The monoisotopic (exact) mass is 386 g/mol. The molecule has 2 aromatic rings. The first-order chi connectivity index (χ1) is 13.3. The molecule has 0 saturated heterocycles. The minimum Gasteiger partial charge on any atom is -0.392 e. The Bertz CT molecular complexity index is 685. The Labute approximate surface area is 171 Å². The highest BCUT2D eigenvalue weighted by Crippen LogP contribution is 2.22. The van der Waals surface area contributed by atoms with Crippen molar-refractivity contribution in [1.82, 2.24) is 9.47 Å². The summed E-state index contributed by atoms with van der Waals surface area (Å²) in [6.07, 6.45) is 3.62. The van der Waals surface area contributed by atoms with Gasteiger partial charge in [-0.15, -0.1) is 0 Å². The summed E-state index contributed by atoms with van der Waals surface area (Å²) in [5.74, 6) is 0. The van der Waals surface area contributed by atoms with Crippen molar-refractivity contribution in [2.24, 2.45) is 0 Å². The first kappa shape index (κ1) is 22.7. The van der Waals surface area contributed by atoms with Crippen LogP contribution in [0.4, 0.5) is 0 Å². The second kappa shape index (κ2) is 10.8. The maximum Gasteiger partial charge on any atom is 0.0664 e. The summed E-state index contributed by atoms with van der Waals surface area (Å²) in [4.78, 5) is 2.34. The van der Waals surface area contributed by atoms with Gasteiger partial charge in [-0.2, -0.15) is 0 Å². The summed E-state index contributed by atoms with van der Waals surface area (Å²) >= 11 is 0. The summed E-state index contributed by atoms with van der Waals surface area (Å²) in [7, 11) is 1.74. The van der Waals surface area contributed by atoms with Gasteiger partial charge < -0.3 is 14.4 Å². The molecule has 0 amide bonds. The zero-order chi connectivity index (χ0) is 20.6. The van der Waals surface area contributed by atoms with Crippen LogP contribution in [0.25, 0.3) is 0 Å². The standard InChI is InChI=1S/C24H38N2O2/c1-6-23(27)19-25(14-8-16-28-5)18-22-9-7-15-26(22)17-20-10-12-21(13-11-20)24(2,3)4/h7,9-13,15,23,27H,6,8,14,16-19H2,1-5H3/t23-/m1/s1. The second-order valence-electron chi connectivity index (χ2n) is 8.72. The molecular weight excluding hydrogens is 348 g/mol.